The summed E-state index contributed by atoms with van der Waals surface area (Å²) in [6, 6.07) is 4.16. The topological polar surface area (TPSA) is 54.5 Å². The molecule has 1 aliphatic heterocycles. The van der Waals surface area contributed by atoms with E-state index in [4.69, 9.17) is 4.74 Å². The maximum atomic E-state index is 12.9. The van der Waals surface area contributed by atoms with E-state index in [1.807, 2.05) is 17.0 Å². The zero-order chi connectivity index (χ0) is 17.3. The lowest BCUT2D eigenvalue weighted by molar-refractivity contribution is -0.157. The van der Waals surface area contributed by atoms with Gasteiger partial charge in [0.1, 0.15) is 5.82 Å². The van der Waals surface area contributed by atoms with Gasteiger partial charge < -0.3 is 15.0 Å². The zero-order valence-corrected chi connectivity index (χ0v) is 15.2. The summed E-state index contributed by atoms with van der Waals surface area (Å²) in [4.78, 5) is 19.4. The normalized spacial score (nSPS) is 27.5. The Labute approximate surface area is 150 Å². The van der Waals surface area contributed by atoms with Crippen LogP contribution in [0.5, 0.6) is 0 Å². The van der Waals surface area contributed by atoms with E-state index < -0.39 is 0 Å². The average Bonchev–Trinajstić information content (AvgIpc) is 2.60. The van der Waals surface area contributed by atoms with Crippen molar-refractivity contribution in [3.63, 3.8) is 0 Å². The molecule has 1 amide bonds. The van der Waals surface area contributed by atoms with Crippen LogP contribution in [-0.2, 0) is 4.74 Å². The maximum Gasteiger partial charge on any atom is 0.257 e. The SMILES string of the molecule is CCOC1CC(Nc2ncccc2C(=O)N2CCCCC2)C12CCC2. The van der Waals surface area contributed by atoms with Crippen LogP contribution in [0.25, 0.3) is 0 Å². The molecule has 1 saturated heterocycles. The van der Waals surface area contributed by atoms with Crippen molar-refractivity contribution >= 4 is 11.7 Å². The number of carbonyl (C=O) groups is 1. The molecule has 1 aromatic rings. The zero-order valence-electron chi connectivity index (χ0n) is 15.2. The van der Waals surface area contributed by atoms with Crippen LogP contribution in [-0.4, -0.2) is 47.6 Å². The number of pyridine rings is 1. The molecule has 1 spiro atoms. The van der Waals surface area contributed by atoms with Crippen molar-refractivity contribution in [2.24, 2.45) is 5.41 Å². The van der Waals surface area contributed by atoms with Crippen LogP contribution in [0.1, 0.15) is 62.2 Å². The van der Waals surface area contributed by atoms with Gasteiger partial charge in [-0.05, 0) is 57.6 Å². The lowest BCUT2D eigenvalue weighted by Gasteiger charge is -2.61. The molecular formula is C20H29N3O2. The van der Waals surface area contributed by atoms with Gasteiger partial charge in [0.2, 0.25) is 0 Å². The first kappa shape index (κ1) is 16.8. The quantitative estimate of drug-likeness (QED) is 0.889. The number of likely N-dealkylation sites (tertiary alicyclic amines) is 1. The number of nitrogens with one attached hydrogen (secondary N) is 1. The molecule has 1 N–H and O–H groups in total. The van der Waals surface area contributed by atoms with Crippen molar-refractivity contribution in [3.05, 3.63) is 23.9 Å². The minimum absolute atomic E-state index is 0.124. The number of amides is 1. The van der Waals surface area contributed by atoms with Crippen molar-refractivity contribution in [3.8, 4) is 0 Å². The Kier molecular flexibility index (Phi) is 4.67. The fraction of sp³-hybridized carbons (Fsp3) is 0.700. The minimum atomic E-state index is 0.124. The van der Waals surface area contributed by atoms with Crippen molar-refractivity contribution < 1.29 is 9.53 Å². The van der Waals surface area contributed by atoms with Gasteiger partial charge in [0.15, 0.2) is 0 Å². The Balaban J connectivity index is 1.49. The number of piperidine rings is 1. The molecule has 0 aromatic carbocycles. The van der Waals surface area contributed by atoms with E-state index in [1.165, 1.54) is 25.7 Å². The van der Waals surface area contributed by atoms with Gasteiger partial charge in [-0.3, -0.25) is 4.79 Å². The molecule has 5 heteroatoms. The minimum Gasteiger partial charge on any atom is -0.378 e. The van der Waals surface area contributed by atoms with E-state index in [1.54, 1.807) is 6.20 Å². The summed E-state index contributed by atoms with van der Waals surface area (Å²) < 4.78 is 5.94. The fourth-order valence-electron chi connectivity index (χ4n) is 4.77. The summed E-state index contributed by atoms with van der Waals surface area (Å²) in [5.74, 6) is 0.878. The van der Waals surface area contributed by atoms with Crippen molar-refractivity contribution in [2.75, 3.05) is 25.0 Å². The molecule has 4 rings (SSSR count). The molecule has 136 valence electrons. The Morgan fingerprint density at radius 1 is 1.32 bits per heavy atom. The number of hydrogen-bond acceptors (Lipinski definition) is 4. The fourth-order valence-corrected chi connectivity index (χ4v) is 4.77. The van der Waals surface area contributed by atoms with Crippen molar-refractivity contribution in [1.29, 1.82) is 0 Å². The third-order valence-electron chi connectivity index (χ3n) is 6.43. The number of rotatable bonds is 5. The van der Waals surface area contributed by atoms with E-state index in [9.17, 15) is 4.79 Å². The first-order chi connectivity index (χ1) is 12.2. The van der Waals surface area contributed by atoms with Crippen molar-refractivity contribution in [2.45, 2.75) is 64.0 Å². The Morgan fingerprint density at radius 2 is 2.12 bits per heavy atom. The Bertz CT molecular complexity index is 623. The highest BCUT2D eigenvalue weighted by atomic mass is 16.5. The standard InChI is InChI=1S/C20H29N3O2/c1-2-25-17-14-16(20(17)9-7-10-20)22-18-15(8-6-11-21-18)19(24)23-12-4-3-5-13-23/h6,8,11,16-17H,2-5,7,9-10,12-14H2,1H3,(H,21,22). The first-order valence-electron chi connectivity index (χ1n) is 9.87. The van der Waals surface area contributed by atoms with E-state index in [2.05, 4.69) is 17.2 Å². The molecule has 3 fully saturated rings. The molecular weight excluding hydrogens is 314 g/mol. The summed E-state index contributed by atoms with van der Waals surface area (Å²) in [7, 11) is 0. The largest absolute Gasteiger partial charge is 0.378 e. The highest BCUT2D eigenvalue weighted by Crippen LogP contribution is 2.58. The molecule has 2 unspecified atom stereocenters. The monoisotopic (exact) mass is 343 g/mol. The van der Waals surface area contributed by atoms with Gasteiger partial charge in [-0.25, -0.2) is 4.98 Å². The Hall–Kier alpha value is -1.62. The van der Waals surface area contributed by atoms with Gasteiger partial charge in [0.05, 0.1) is 11.7 Å². The molecule has 2 atom stereocenters. The van der Waals surface area contributed by atoms with E-state index in [-0.39, 0.29) is 11.3 Å². The third kappa shape index (κ3) is 2.92. The number of aromatic nitrogens is 1. The van der Waals surface area contributed by atoms with E-state index >= 15 is 0 Å². The smallest absolute Gasteiger partial charge is 0.257 e. The van der Waals surface area contributed by atoms with E-state index in [0.29, 0.717) is 12.1 Å². The molecule has 2 heterocycles. The van der Waals surface area contributed by atoms with Gasteiger partial charge >= 0.3 is 0 Å². The van der Waals surface area contributed by atoms with Crippen LogP contribution < -0.4 is 5.32 Å². The molecule has 2 saturated carbocycles. The van der Waals surface area contributed by atoms with Gasteiger partial charge in [0, 0.05) is 37.4 Å². The summed E-state index contributed by atoms with van der Waals surface area (Å²) in [6.07, 6.45) is 10.3. The molecule has 0 bridgehead atoms. The van der Waals surface area contributed by atoms with Crippen LogP contribution >= 0.6 is 0 Å². The van der Waals surface area contributed by atoms with Crippen LogP contribution in [0.2, 0.25) is 0 Å². The predicted octanol–water partition coefficient (Wildman–Crippen LogP) is 3.47. The Morgan fingerprint density at radius 3 is 2.80 bits per heavy atom. The second-order valence-electron chi connectivity index (χ2n) is 7.72. The van der Waals surface area contributed by atoms with Gasteiger partial charge in [-0.15, -0.1) is 0 Å². The number of nitrogens with zero attached hydrogens (tertiary/aromatic N) is 2. The predicted molar refractivity (Wildman–Crippen MR) is 97.7 cm³/mol. The van der Waals surface area contributed by atoms with Crippen LogP contribution in [0.3, 0.4) is 0 Å². The molecule has 2 aliphatic carbocycles. The van der Waals surface area contributed by atoms with Gasteiger partial charge in [-0.2, -0.15) is 0 Å². The van der Waals surface area contributed by atoms with Crippen LogP contribution in [0.4, 0.5) is 5.82 Å². The number of ether oxygens (including phenoxy) is 1. The lowest BCUT2D eigenvalue weighted by atomic mass is 9.51. The van der Waals surface area contributed by atoms with Gasteiger partial charge in [-0.1, -0.05) is 6.42 Å². The average molecular weight is 343 g/mol. The van der Waals surface area contributed by atoms with Crippen LogP contribution in [0, 0.1) is 5.41 Å². The molecule has 1 aromatic heterocycles. The molecule has 3 aliphatic rings. The van der Waals surface area contributed by atoms with Gasteiger partial charge in [0.25, 0.3) is 5.91 Å². The second kappa shape index (κ2) is 6.94. The lowest BCUT2D eigenvalue weighted by Crippen LogP contribution is -2.64. The summed E-state index contributed by atoms with van der Waals surface area (Å²) in [6.45, 7) is 4.59. The summed E-state index contributed by atoms with van der Waals surface area (Å²) >= 11 is 0. The molecule has 5 nitrogen and oxygen atoms in total. The van der Waals surface area contributed by atoms with Crippen molar-refractivity contribution in [1.82, 2.24) is 9.88 Å². The number of hydrogen-bond donors (Lipinski definition) is 1. The second-order valence-corrected chi connectivity index (χ2v) is 7.72. The maximum absolute atomic E-state index is 12.9. The third-order valence-corrected chi connectivity index (χ3v) is 6.43. The number of anilines is 1. The van der Waals surface area contributed by atoms with E-state index in [0.717, 1.165) is 50.3 Å². The molecule has 0 radical (unpaired) electrons. The first-order valence-corrected chi connectivity index (χ1v) is 9.87. The highest BCUT2D eigenvalue weighted by Gasteiger charge is 2.59. The highest BCUT2D eigenvalue weighted by molar-refractivity contribution is 5.98. The van der Waals surface area contributed by atoms with Crippen LogP contribution in [0.15, 0.2) is 18.3 Å². The summed E-state index contributed by atoms with van der Waals surface area (Å²) in [5.41, 5.74) is 0.984. The number of carbonyl (C=O) groups excluding carboxylic acids is 1. The summed E-state index contributed by atoms with van der Waals surface area (Å²) in [5, 5.41) is 3.61. The molecule has 25 heavy (non-hydrogen) atoms.